The molecule has 2 amide bonds. The van der Waals surface area contributed by atoms with Crippen LogP contribution >= 0.6 is 11.8 Å². The zero-order valence-electron chi connectivity index (χ0n) is 22.2. The summed E-state index contributed by atoms with van der Waals surface area (Å²) in [4.78, 5) is 39.9. The molecule has 4 aromatic rings. The van der Waals surface area contributed by atoms with Gasteiger partial charge < -0.3 is 10.1 Å². The lowest BCUT2D eigenvalue weighted by Crippen LogP contribution is -2.37. The number of ether oxygens (including phenoxy) is 1. The number of nitrogens with zero attached hydrogens (tertiary/aromatic N) is 2. The van der Waals surface area contributed by atoms with E-state index in [9.17, 15) is 19.7 Å². The van der Waals surface area contributed by atoms with Crippen molar-refractivity contribution >= 4 is 40.8 Å². The molecule has 1 unspecified atom stereocenters. The third-order valence-electron chi connectivity index (χ3n) is 6.14. The van der Waals surface area contributed by atoms with Gasteiger partial charge in [0, 0.05) is 21.5 Å². The minimum absolute atomic E-state index is 0.152. The number of urea groups is 1. The van der Waals surface area contributed by atoms with Crippen molar-refractivity contribution in [1.29, 1.82) is 0 Å². The number of nitro groups is 1. The number of anilines is 2. The van der Waals surface area contributed by atoms with Crippen LogP contribution in [0.5, 0.6) is 0 Å². The molecule has 204 valence electrons. The number of rotatable bonds is 10. The third kappa shape index (κ3) is 7.27. The molecule has 0 spiro atoms. The number of carbonyl (C=O) groups is 2. The number of nitrogens with one attached hydrogen (secondary N) is 1. The van der Waals surface area contributed by atoms with Crippen LogP contribution in [0.1, 0.15) is 31.0 Å². The zero-order chi connectivity index (χ0) is 28.5. The van der Waals surface area contributed by atoms with Gasteiger partial charge >= 0.3 is 12.0 Å². The van der Waals surface area contributed by atoms with Crippen molar-refractivity contribution in [2.45, 2.75) is 36.1 Å². The molecule has 0 aliphatic rings. The lowest BCUT2D eigenvalue weighted by atomic mass is 10.1. The Morgan fingerprint density at radius 3 is 2.12 bits per heavy atom. The second-order valence-electron chi connectivity index (χ2n) is 8.88. The topological polar surface area (TPSA) is 102 Å². The highest BCUT2D eigenvalue weighted by Gasteiger charge is 2.29. The van der Waals surface area contributed by atoms with Crippen LogP contribution in [0, 0.1) is 10.1 Å². The Hall–Kier alpha value is -4.63. The summed E-state index contributed by atoms with van der Waals surface area (Å²) < 4.78 is 4.99. The van der Waals surface area contributed by atoms with Crippen LogP contribution in [-0.2, 0) is 16.0 Å². The Labute approximate surface area is 237 Å². The summed E-state index contributed by atoms with van der Waals surface area (Å²) in [5.74, 6) is -0.251. The van der Waals surface area contributed by atoms with Crippen molar-refractivity contribution in [2.24, 2.45) is 0 Å². The fourth-order valence-electron chi connectivity index (χ4n) is 4.18. The van der Waals surface area contributed by atoms with Gasteiger partial charge in [0.15, 0.2) is 0 Å². The van der Waals surface area contributed by atoms with E-state index < -0.39 is 17.0 Å². The van der Waals surface area contributed by atoms with Gasteiger partial charge in [0.05, 0.1) is 24.0 Å². The molecule has 0 aliphatic heterocycles. The number of benzene rings is 4. The van der Waals surface area contributed by atoms with E-state index in [-0.39, 0.29) is 23.8 Å². The van der Waals surface area contributed by atoms with Gasteiger partial charge in [-0.25, -0.2) is 4.79 Å². The van der Waals surface area contributed by atoms with Crippen molar-refractivity contribution < 1.29 is 19.2 Å². The maximum atomic E-state index is 13.6. The van der Waals surface area contributed by atoms with E-state index in [0.29, 0.717) is 12.3 Å². The molecule has 0 radical (unpaired) electrons. The van der Waals surface area contributed by atoms with Crippen LogP contribution in [-0.4, -0.2) is 23.5 Å². The van der Waals surface area contributed by atoms with Gasteiger partial charge in [-0.1, -0.05) is 66.4 Å². The van der Waals surface area contributed by atoms with Crippen molar-refractivity contribution in [3.05, 3.63) is 124 Å². The fourth-order valence-corrected chi connectivity index (χ4v) is 4.99. The van der Waals surface area contributed by atoms with Crippen LogP contribution in [0.15, 0.2) is 113 Å². The van der Waals surface area contributed by atoms with Gasteiger partial charge in [-0.2, -0.15) is 0 Å². The smallest absolute Gasteiger partial charge is 0.327 e. The highest BCUT2D eigenvalue weighted by atomic mass is 32.2. The molecule has 4 aromatic carbocycles. The third-order valence-corrected chi connectivity index (χ3v) is 7.16. The Balaban J connectivity index is 1.49. The van der Waals surface area contributed by atoms with E-state index in [4.69, 9.17) is 4.74 Å². The van der Waals surface area contributed by atoms with Crippen molar-refractivity contribution in [3.8, 4) is 0 Å². The maximum absolute atomic E-state index is 13.6. The molecule has 0 saturated heterocycles. The largest absolute Gasteiger partial charge is 0.466 e. The molecule has 0 aliphatic carbocycles. The molecule has 1 atom stereocenters. The Morgan fingerprint density at radius 1 is 0.900 bits per heavy atom. The molecule has 9 heteroatoms. The molecule has 1 N–H and O–H groups in total. The van der Waals surface area contributed by atoms with Crippen LogP contribution in [0.4, 0.5) is 21.9 Å². The van der Waals surface area contributed by atoms with Crippen LogP contribution in [0.2, 0.25) is 0 Å². The molecular formula is C31H29N3O5S. The minimum Gasteiger partial charge on any atom is -0.466 e. The number of hydrogen-bond acceptors (Lipinski definition) is 6. The van der Waals surface area contributed by atoms with E-state index in [1.165, 1.54) is 11.0 Å². The summed E-state index contributed by atoms with van der Waals surface area (Å²) >= 11 is 1.55. The van der Waals surface area contributed by atoms with Gasteiger partial charge in [0.1, 0.15) is 5.69 Å². The second kappa shape index (κ2) is 13.4. The Kier molecular flexibility index (Phi) is 9.53. The first-order valence-electron chi connectivity index (χ1n) is 12.8. The minimum atomic E-state index is -0.483. The number of nitro benzene ring substituents is 1. The van der Waals surface area contributed by atoms with Gasteiger partial charge in [0.2, 0.25) is 0 Å². The molecule has 0 aromatic heterocycles. The highest BCUT2D eigenvalue weighted by molar-refractivity contribution is 7.99. The van der Waals surface area contributed by atoms with Crippen LogP contribution in [0.25, 0.3) is 0 Å². The number of amides is 2. The van der Waals surface area contributed by atoms with Crippen molar-refractivity contribution in [2.75, 3.05) is 16.8 Å². The standard InChI is InChI=1S/C31H29N3O5S/c1-3-39-30(35)21-23-13-17-26(18-14-23)40-27-19-15-25(16-20-27)32-31(36)33(22(2)24-9-5-4-6-10-24)28-11-7-8-12-29(28)34(37)38/h4-20,22H,3,21H2,1-2H3,(H,32,36). The second-order valence-corrected chi connectivity index (χ2v) is 10.0. The van der Waals surface area contributed by atoms with E-state index in [2.05, 4.69) is 5.32 Å². The fraction of sp³-hybridized carbons (Fsp3) is 0.161. The molecule has 4 rings (SSSR count). The zero-order valence-corrected chi connectivity index (χ0v) is 23.0. The summed E-state index contributed by atoms with van der Waals surface area (Å²) in [6, 6.07) is 29.7. The lowest BCUT2D eigenvalue weighted by Gasteiger charge is -2.29. The average Bonchev–Trinajstić information content (AvgIpc) is 2.96. The first-order valence-corrected chi connectivity index (χ1v) is 13.6. The van der Waals surface area contributed by atoms with Crippen LogP contribution in [0.3, 0.4) is 0 Å². The van der Waals surface area contributed by atoms with Gasteiger partial charge in [-0.15, -0.1) is 0 Å². The average molecular weight is 556 g/mol. The summed E-state index contributed by atoms with van der Waals surface area (Å²) in [5, 5.41) is 14.7. The van der Waals surface area contributed by atoms with Gasteiger partial charge in [0.25, 0.3) is 5.69 Å². The van der Waals surface area contributed by atoms with E-state index in [1.54, 1.807) is 49.0 Å². The highest BCUT2D eigenvalue weighted by Crippen LogP contribution is 2.35. The quantitative estimate of drug-likeness (QED) is 0.122. The Morgan fingerprint density at radius 2 is 1.50 bits per heavy atom. The van der Waals surface area contributed by atoms with Gasteiger partial charge in [-0.05, 0) is 67.4 Å². The number of para-hydroxylation sites is 2. The predicted molar refractivity (Wildman–Crippen MR) is 157 cm³/mol. The number of carbonyl (C=O) groups excluding carboxylic acids is 2. The molecule has 8 nitrogen and oxygen atoms in total. The summed E-state index contributed by atoms with van der Waals surface area (Å²) in [6.45, 7) is 3.98. The first-order chi connectivity index (χ1) is 19.4. The maximum Gasteiger partial charge on any atom is 0.327 e. The molecule has 0 saturated carbocycles. The number of hydrogen-bond donors (Lipinski definition) is 1. The molecular weight excluding hydrogens is 526 g/mol. The SMILES string of the molecule is CCOC(=O)Cc1ccc(Sc2ccc(NC(=O)N(c3ccccc3[N+](=O)[O-])C(C)c3ccccc3)cc2)cc1. The first kappa shape index (κ1) is 28.4. The molecule has 0 heterocycles. The summed E-state index contributed by atoms with van der Waals surface area (Å²) in [5.41, 5.74) is 2.34. The lowest BCUT2D eigenvalue weighted by molar-refractivity contribution is -0.384. The number of esters is 1. The van der Waals surface area contributed by atoms with E-state index in [0.717, 1.165) is 20.9 Å². The monoisotopic (exact) mass is 555 g/mol. The molecule has 0 fully saturated rings. The van der Waals surface area contributed by atoms with E-state index in [1.807, 2.05) is 73.7 Å². The Bertz CT molecular complexity index is 1460. The normalized spacial score (nSPS) is 11.3. The summed E-state index contributed by atoms with van der Waals surface area (Å²) in [6.07, 6.45) is 0.235. The van der Waals surface area contributed by atoms with Crippen molar-refractivity contribution in [3.63, 3.8) is 0 Å². The van der Waals surface area contributed by atoms with Crippen molar-refractivity contribution in [1.82, 2.24) is 0 Å². The van der Waals surface area contributed by atoms with Gasteiger partial charge in [-0.3, -0.25) is 19.8 Å². The predicted octanol–water partition coefficient (Wildman–Crippen LogP) is 7.65. The van der Waals surface area contributed by atoms with E-state index >= 15 is 0 Å². The molecule has 40 heavy (non-hydrogen) atoms. The summed E-state index contributed by atoms with van der Waals surface area (Å²) in [7, 11) is 0. The molecule has 0 bridgehead atoms. The van der Waals surface area contributed by atoms with Crippen LogP contribution < -0.4 is 10.2 Å².